The molecule has 2 aromatic rings. The Morgan fingerprint density at radius 3 is 2.75 bits per heavy atom. The van der Waals surface area contributed by atoms with Gasteiger partial charge in [-0.3, -0.25) is 14.5 Å². The normalized spacial score (nSPS) is 24.6. The second kappa shape index (κ2) is 8.96. The quantitative estimate of drug-likeness (QED) is 0.419. The van der Waals surface area contributed by atoms with Crippen LogP contribution in [0.25, 0.3) is 0 Å². The minimum Gasteiger partial charge on any atom is -0.390 e. The molecule has 0 radical (unpaired) electrons. The number of hydrogen-bond donors (Lipinski definition) is 2. The van der Waals surface area contributed by atoms with Gasteiger partial charge >= 0.3 is 6.55 Å². The van der Waals surface area contributed by atoms with Gasteiger partial charge in [-0.1, -0.05) is 0 Å². The summed E-state index contributed by atoms with van der Waals surface area (Å²) in [4.78, 5) is 14.0. The van der Waals surface area contributed by atoms with E-state index >= 15 is 0 Å². The monoisotopic (exact) mass is 453 g/mol. The first-order valence-corrected chi connectivity index (χ1v) is 9.99. The maximum Gasteiger partial charge on any atom is 0.320 e. The zero-order valence-electron chi connectivity index (χ0n) is 17.3. The molecule has 32 heavy (non-hydrogen) atoms. The maximum atomic E-state index is 14.1. The number of amidine groups is 1. The van der Waals surface area contributed by atoms with E-state index in [0.717, 1.165) is 29.1 Å². The molecule has 4 N–H and O–H groups in total. The van der Waals surface area contributed by atoms with Crippen molar-refractivity contribution >= 4 is 12.2 Å². The molecule has 1 aromatic carbocycles. The Kier molecular flexibility index (Phi) is 6.26. The Balaban J connectivity index is 1.51. The lowest BCUT2D eigenvalue weighted by atomic mass is 9.93. The molecule has 12 heteroatoms. The fraction of sp³-hybridized carbons (Fsp3) is 0.450. The van der Waals surface area contributed by atoms with Gasteiger partial charge in [-0.15, -0.1) is 0 Å². The molecule has 2 aliphatic rings. The smallest absolute Gasteiger partial charge is 0.320 e. The number of aliphatic imine (C=N–C) groups is 2. The Morgan fingerprint density at radius 2 is 2.09 bits per heavy atom. The summed E-state index contributed by atoms with van der Waals surface area (Å²) in [7, 11) is 1.42. The Hall–Kier alpha value is -2.83. The Morgan fingerprint density at radius 1 is 1.31 bits per heavy atom. The average molecular weight is 453 g/mol. The van der Waals surface area contributed by atoms with Crippen LogP contribution in [0, 0.1) is 11.6 Å². The van der Waals surface area contributed by atoms with Gasteiger partial charge in [0.05, 0.1) is 24.3 Å². The molecule has 0 spiro atoms. The number of alkyl halides is 2. The molecule has 1 fully saturated rings. The van der Waals surface area contributed by atoms with Gasteiger partial charge in [0, 0.05) is 37.8 Å². The lowest BCUT2D eigenvalue weighted by molar-refractivity contribution is -0.0539. The van der Waals surface area contributed by atoms with E-state index in [2.05, 4.69) is 15.0 Å². The number of benzene rings is 1. The molecule has 0 amide bonds. The van der Waals surface area contributed by atoms with Crippen molar-refractivity contribution in [1.82, 2.24) is 14.5 Å². The number of nitrogens with zero attached hydrogens (tertiary/aromatic N) is 5. The molecular weight excluding hydrogens is 430 g/mol. The van der Waals surface area contributed by atoms with E-state index in [4.69, 9.17) is 16.2 Å². The second-order valence-electron chi connectivity index (χ2n) is 7.68. The minimum absolute atomic E-state index is 0.0109. The third-order valence-corrected chi connectivity index (χ3v) is 5.78. The number of rotatable bonds is 4. The number of nitrogens with two attached hydrogens (primary N) is 2. The highest BCUT2D eigenvalue weighted by molar-refractivity contribution is 6.00. The first-order chi connectivity index (χ1) is 15.3. The van der Waals surface area contributed by atoms with Crippen LogP contribution < -0.4 is 11.5 Å². The van der Waals surface area contributed by atoms with Gasteiger partial charge in [0.25, 0.3) is 0 Å². The van der Waals surface area contributed by atoms with E-state index in [1.807, 2.05) is 4.90 Å². The molecule has 3 atom stereocenters. The van der Waals surface area contributed by atoms with Crippen molar-refractivity contribution in [2.75, 3.05) is 13.7 Å². The van der Waals surface area contributed by atoms with E-state index in [0.29, 0.717) is 24.4 Å². The highest BCUT2D eigenvalue weighted by Gasteiger charge is 2.39. The van der Waals surface area contributed by atoms with Crippen LogP contribution in [0.4, 0.5) is 17.6 Å². The summed E-state index contributed by atoms with van der Waals surface area (Å²) < 4.78 is 62.0. The van der Waals surface area contributed by atoms with E-state index in [1.54, 1.807) is 0 Å². The molecule has 172 valence electrons. The Labute approximate surface area is 181 Å². The number of aromatic nitrogens is 2. The van der Waals surface area contributed by atoms with Gasteiger partial charge in [-0.25, -0.2) is 18.8 Å². The van der Waals surface area contributed by atoms with Crippen molar-refractivity contribution in [3.8, 4) is 0 Å². The molecule has 1 unspecified atom stereocenters. The van der Waals surface area contributed by atoms with Crippen LogP contribution in [0.3, 0.4) is 0 Å². The molecule has 0 aliphatic carbocycles. The van der Waals surface area contributed by atoms with Crippen LogP contribution in [0.15, 0.2) is 28.2 Å². The fourth-order valence-corrected chi connectivity index (χ4v) is 4.31. The van der Waals surface area contributed by atoms with Crippen LogP contribution >= 0.6 is 0 Å². The predicted molar refractivity (Wildman–Crippen MR) is 109 cm³/mol. The summed E-state index contributed by atoms with van der Waals surface area (Å²) in [6.07, 6.45) is 0.609. The maximum absolute atomic E-state index is 14.1. The van der Waals surface area contributed by atoms with Crippen molar-refractivity contribution in [1.29, 1.82) is 0 Å². The average Bonchev–Trinajstić information content (AvgIpc) is 3.31. The van der Waals surface area contributed by atoms with Gasteiger partial charge in [0.1, 0.15) is 17.7 Å². The zero-order valence-corrected chi connectivity index (χ0v) is 17.3. The lowest BCUT2D eigenvalue weighted by Gasteiger charge is -2.38. The number of halogens is 4. The first kappa shape index (κ1) is 22.4. The van der Waals surface area contributed by atoms with Gasteiger partial charge in [0.2, 0.25) is 0 Å². The van der Waals surface area contributed by atoms with Crippen molar-refractivity contribution in [2.45, 2.75) is 44.2 Å². The number of ether oxygens (including phenoxy) is 1. The molecule has 0 saturated carbocycles. The summed E-state index contributed by atoms with van der Waals surface area (Å²) in [5.41, 5.74) is 12.4. The van der Waals surface area contributed by atoms with E-state index in [1.165, 1.54) is 7.05 Å². The first-order valence-electron chi connectivity index (χ1n) is 9.99. The summed E-state index contributed by atoms with van der Waals surface area (Å²) in [5, 5.41) is 0. The van der Waals surface area contributed by atoms with Crippen LogP contribution in [-0.2, 0) is 17.8 Å². The summed E-state index contributed by atoms with van der Waals surface area (Å²) in [5.74, 6) is -1.20. The van der Waals surface area contributed by atoms with E-state index in [9.17, 15) is 17.6 Å². The second-order valence-corrected chi connectivity index (χ2v) is 7.68. The van der Waals surface area contributed by atoms with Crippen molar-refractivity contribution < 1.29 is 22.3 Å². The molecule has 3 heterocycles. The standard InChI is InChI=1S/C20H23F4N7O/c1-27-18(28-9-25)19-29-15-6-30(7-16(15)31(19)20(23)24)11-5-14(26)17(32-8-11)12-4-10(21)2-3-13(12)22/h2-4,9,11,14,17,20H,5-8,26H2,1H3,(H2,25,27,28)/t11?,14-,17+/m0/s1. The highest BCUT2D eigenvalue weighted by atomic mass is 19.3. The SMILES string of the molecule is CN=C(N=CN)c1nc2c(n1C(F)F)CN(C1CO[C@H](c3cc(F)ccc3F)[C@@H](N)C1)C2. The van der Waals surface area contributed by atoms with Gasteiger partial charge in [-0.05, 0) is 24.6 Å². The predicted octanol–water partition coefficient (Wildman–Crippen LogP) is 2.09. The summed E-state index contributed by atoms with van der Waals surface area (Å²) >= 11 is 0. The third kappa shape index (κ3) is 4.00. The van der Waals surface area contributed by atoms with Crippen molar-refractivity contribution in [3.05, 3.63) is 52.6 Å². The van der Waals surface area contributed by atoms with Gasteiger partial charge in [-0.2, -0.15) is 8.78 Å². The number of imidazole rings is 1. The Bertz CT molecular complexity index is 1050. The van der Waals surface area contributed by atoms with E-state index in [-0.39, 0.29) is 36.4 Å². The van der Waals surface area contributed by atoms with Crippen LogP contribution in [-0.4, -0.2) is 52.4 Å². The molecule has 4 rings (SSSR count). The van der Waals surface area contributed by atoms with Gasteiger partial charge < -0.3 is 16.2 Å². The number of hydrogen-bond acceptors (Lipinski definition) is 5. The van der Waals surface area contributed by atoms with Crippen molar-refractivity contribution in [2.24, 2.45) is 21.5 Å². The van der Waals surface area contributed by atoms with Crippen LogP contribution in [0.2, 0.25) is 0 Å². The molecule has 1 saturated heterocycles. The molecule has 2 aliphatic heterocycles. The van der Waals surface area contributed by atoms with Gasteiger partial charge in [0.15, 0.2) is 11.7 Å². The van der Waals surface area contributed by atoms with Crippen LogP contribution in [0.5, 0.6) is 0 Å². The number of fused-ring (bicyclic) bond motifs is 1. The molecule has 1 aromatic heterocycles. The van der Waals surface area contributed by atoms with Crippen LogP contribution in [0.1, 0.15) is 41.8 Å². The molecular formula is C20H23F4N7O. The van der Waals surface area contributed by atoms with E-state index < -0.39 is 30.3 Å². The zero-order chi connectivity index (χ0) is 23.0. The largest absolute Gasteiger partial charge is 0.390 e. The topological polar surface area (TPSA) is 107 Å². The fourth-order valence-electron chi connectivity index (χ4n) is 4.31. The molecule has 0 bridgehead atoms. The summed E-state index contributed by atoms with van der Waals surface area (Å²) in [6.45, 7) is -2.13. The highest BCUT2D eigenvalue weighted by Crippen LogP contribution is 2.35. The van der Waals surface area contributed by atoms with Crippen molar-refractivity contribution in [3.63, 3.8) is 0 Å². The third-order valence-electron chi connectivity index (χ3n) is 5.78. The minimum atomic E-state index is -2.84. The lowest BCUT2D eigenvalue weighted by Crippen LogP contribution is -2.48. The molecule has 8 nitrogen and oxygen atoms in total. The summed E-state index contributed by atoms with van der Waals surface area (Å²) in [6, 6.07) is 2.37.